The Balaban J connectivity index is 2.37. The van der Waals surface area contributed by atoms with Crippen LogP contribution in [-0.2, 0) is 6.54 Å². The van der Waals surface area contributed by atoms with Gasteiger partial charge in [0.2, 0.25) is 0 Å². The first-order valence-corrected chi connectivity index (χ1v) is 5.06. The quantitative estimate of drug-likeness (QED) is 0.745. The van der Waals surface area contributed by atoms with E-state index in [2.05, 4.69) is 16.4 Å². The van der Waals surface area contributed by atoms with Crippen molar-refractivity contribution in [3.8, 4) is 6.07 Å². The summed E-state index contributed by atoms with van der Waals surface area (Å²) in [6.07, 6.45) is 0.566. The minimum atomic E-state index is 0.566. The van der Waals surface area contributed by atoms with Crippen molar-refractivity contribution in [1.82, 2.24) is 10.3 Å². The molecule has 4 heteroatoms. The highest BCUT2D eigenvalue weighted by Gasteiger charge is 2.02. The molecule has 1 aromatic rings. The highest BCUT2D eigenvalue weighted by Crippen LogP contribution is 2.16. The number of nitriles is 1. The van der Waals surface area contributed by atoms with E-state index in [1.165, 1.54) is 4.88 Å². The number of aromatic nitrogens is 1. The van der Waals surface area contributed by atoms with E-state index in [4.69, 9.17) is 5.26 Å². The van der Waals surface area contributed by atoms with Crippen molar-refractivity contribution < 1.29 is 0 Å². The zero-order valence-corrected chi connectivity index (χ0v) is 8.74. The van der Waals surface area contributed by atoms with Gasteiger partial charge in [0.05, 0.1) is 16.8 Å². The maximum atomic E-state index is 8.32. The summed E-state index contributed by atoms with van der Waals surface area (Å²) >= 11 is 1.72. The zero-order chi connectivity index (χ0) is 9.68. The Morgan fingerprint density at radius 2 is 2.31 bits per heavy atom. The Labute approximate surface area is 82.4 Å². The fourth-order valence-electron chi connectivity index (χ4n) is 1.08. The van der Waals surface area contributed by atoms with Gasteiger partial charge in [0.15, 0.2) is 0 Å². The normalized spacial score (nSPS) is 9.92. The van der Waals surface area contributed by atoms with Gasteiger partial charge in [-0.3, -0.25) is 0 Å². The van der Waals surface area contributed by atoms with Crippen LogP contribution in [0.3, 0.4) is 0 Å². The fraction of sp³-hybridized carbons (Fsp3) is 0.556. The van der Waals surface area contributed by atoms with Crippen LogP contribution in [0.2, 0.25) is 0 Å². The zero-order valence-electron chi connectivity index (χ0n) is 7.92. The summed E-state index contributed by atoms with van der Waals surface area (Å²) in [5.74, 6) is 0. The lowest BCUT2D eigenvalue weighted by Gasteiger charge is -1.98. The lowest BCUT2D eigenvalue weighted by molar-refractivity contribution is 0.702. The van der Waals surface area contributed by atoms with Crippen molar-refractivity contribution in [2.75, 3.05) is 6.54 Å². The summed E-state index contributed by atoms with van der Waals surface area (Å²) in [4.78, 5) is 5.60. The van der Waals surface area contributed by atoms with Crippen LogP contribution in [0.5, 0.6) is 0 Å². The van der Waals surface area contributed by atoms with Crippen LogP contribution >= 0.6 is 11.3 Å². The van der Waals surface area contributed by atoms with Crippen LogP contribution in [0, 0.1) is 25.2 Å². The van der Waals surface area contributed by atoms with Crippen molar-refractivity contribution in [3.63, 3.8) is 0 Å². The second-order valence-corrected chi connectivity index (χ2v) is 4.11. The molecule has 70 valence electrons. The van der Waals surface area contributed by atoms with E-state index in [1.54, 1.807) is 11.3 Å². The second kappa shape index (κ2) is 4.95. The molecule has 1 rings (SSSR count). The van der Waals surface area contributed by atoms with Gasteiger partial charge >= 0.3 is 0 Å². The standard InChI is InChI=1S/C9H13N3S/c1-7-9(13-8(2)12-7)6-11-5-3-4-10/h11H,3,5-6H2,1-2H3. The molecule has 0 amide bonds. The predicted molar refractivity (Wildman–Crippen MR) is 53.5 cm³/mol. The Hall–Kier alpha value is -0.920. The molecule has 1 aromatic heterocycles. The summed E-state index contributed by atoms with van der Waals surface area (Å²) in [7, 11) is 0. The maximum Gasteiger partial charge on any atom is 0.0900 e. The molecule has 0 bridgehead atoms. The molecule has 13 heavy (non-hydrogen) atoms. The van der Waals surface area contributed by atoms with Gasteiger partial charge in [-0.2, -0.15) is 5.26 Å². The van der Waals surface area contributed by atoms with Crippen LogP contribution in [0.1, 0.15) is 22.0 Å². The largest absolute Gasteiger partial charge is 0.311 e. The van der Waals surface area contributed by atoms with Crippen molar-refractivity contribution in [2.24, 2.45) is 0 Å². The summed E-state index contributed by atoms with van der Waals surface area (Å²) in [6.45, 7) is 5.62. The number of thiazole rings is 1. The van der Waals surface area contributed by atoms with E-state index in [9.17, 15) is 0 Å². The highest BCUT2D eigenvalue weighted by molar-refractivity contribution is 7.11. The molecule has 0 aliphatic carbocycles. The Morgan fingerprint density at radius 3 is 2.85 bits per heavy atom. The average molecular weight is 195 g/mol. The molecule has 0 aliphatic heterocycles. The number of aryl methyl sites for hydroxylation is 2. The van der Waals surface area contributed by atoms with Gasteiger partial charge in [-0.25, -0.2) is 4.98 Å². The van der Waals surface area contributed by atoms with Crippen LogP contribution in [0.15, 0.2) is 0 Å². The van der Waals surface area contributed by atoms with Gasteiger partial charge in [-0.15, -0.1) is 11.3 Å². The molecule has 0 spiro atoms. The first-order valence-electron chi connectivity index (χ1n) is 4.24. The van der Waals surface area contributed by atoms with Crippen molar-refractivity contribution >= 4 is 11.3 Å². The molecular formula is C9H13N3S. The fourth-order valence-corrected chi connectivity index (χ4v) is 1.99. The smallest absolute Gasteiger partial charge is 0.0900 e. The minimum Gasteiger partial charge on any atom is -0.311 e. The second-order valence-electron chi connectivity index (χ2n) is 2.83. The Bertz CT molecular complexity index is 311. The molecule has 1 heterocycles. The lowest BCUT2D eigenvalue weighted by Crippen LogP contribution is -2.13. The molecule has 0 atom stereocenters. The third-order valence-electron chi connectivity index (χ3n) is 1.70. The molecule has 0 saturated heterocycles. The first kappa shape index (κ1) is 10.2. The summed E-state index contributed by atoms with van der Waals surface area (Å²) < 4.78 is 0. The van der Waals surface area contributed by atoms with Gasteiger partial charge in [0.25, 0.3) is 0 Å². The van der Waals surface area contributed by atoms with Gasteiger partial charge in [-0.05, 0) is 13.8 Å². The van der Waals surface area contributed by atoms with Crippen LogP contribution in [0.25, 0.3) is 0 Å². The maximum absolute atomic E-state index is 8.32. The van der Waals surface area contributed by atoms with E-state index >= 15 is 0 Å². The van der Waals surface area contributed by atoms with Gasteiger partial charge in [-0.1, -0.05) is 0 Å². The van der Waals surface area contributed by atoms with Gasteiger partial charge in [0.1, 0.15) is 0 Å². The monoisotopic (exact) mass is 195 g/mol. The number of hydrogen-bond donors (Lipinski definition) is 1. The SMILES string of the molecule is Cc1nc(C)c(CNCCC#N)s1. The Kier molecular flexibility index (Phi) is 3.87. The van der Waals surface area contributed by atoms with E-state index in [0.29, 0.717) is 6.42 Å². The number of rotatable bonds is 4. The summed E-state index contributed by atoms with van der Waals surface area (Å²) in [5, 5.41) is 12.6. The number of nitrogens with one attached hydrogen (secondary N) is 1. The molecule has 3 nitrogen and oxygen atoms in total. The molecule has 1 N–H and O–H groups in total. The molecular weight excluding hydrogens is 182 g/mol. The van der Waals surface area contributed by atoms with Crippen LogP contribution in [0.4, 0.5) is 0 Å². The molecule has 0 radical (unpaired) electrons. The topological polar surface area (TPSA) is 48.7 Å². The highest BCUT2D eigenvalue weighted by atomic mass is 32.1. The third-order valence-corrected chi connectivity index (χ3v) is 2.77. The first-order chi connectivity index (χ1) is 6.24. The predicted octanol–water partition coefficient (Wildman–Crippen LogP) is 1.76. The van der Waals surface area contributed by atoms with Crippen molar-refractivity contribution in [1.29, 1.82) is 5.26 Å². The molecule has 0 unspecified atom stereocenters. The van der Waals surface area contributed by atoms with E-state index in [-0.39, 0.29) is 0 Å². The molecule has 0 aromatic carbocycles. The number of nitrogens with zero attached hydrogens (tertiary/aromatic N) is 2. The van der Waals surface area contributed by atoms with E-state index in [1.807, 2.05) is 13.8 Å². The molecule has 0 saturated carbocycles. The molecule has 0 aliphatic rings. The van der Waals surface area contributed by atoms with Gasteiger partial charge in [0, 0.05) is 24.4 Å². The average Bonchev–Trinajstić information content (AvgIpc) is 2.39. The summed E-state index contributed by atoms with van der Waals surface area (Å²) in [5.41, 5.74) is 1.10. The van der Waals surface area contributed by atoms with E-state index < -0.39 is 0 Å². The van der Waals surface area contributed by atoms with Crippen molar-refractivity contribution in [3.05, 3.63) is 15.6 Å². The van der Waals surface area contributed by atoms with Crippen LogP contribution < -0.4 is 5.32 Å². The van der Waals surface area contributed by atoms with Crippen molar-refractivity contribution in [2.45, 2.75) is 26.8 Å². The molecule has 0 fully saturated rings. The Morgan fingerprint density at radius 1 is 1.54 bits per heavy atom. The summed E-state index contributed by atoms with van der Waals surface area (Å²) in [6, 6.07) is 2.10. The third kappa shape index (κ3) is 3.13. The van der Waals surface area contributed by atoms with Gasteiger partial charge < -0.3 is 5.32 Å². The number of hydrogen-bond acceptors (Lipinski definition) is 4. The minimum absolute atomic E-state index is 0.566. The lowest BCUT2D eigenvalue weighted by atomic mass is 10.4. The van der Waals surface area contributed by atoms with Crippen LogP contribution in [-0.4, -0.2) is 11.5 Å². The van der Waals surface area contributed by atoms with E-state index in [0.717, 1.165) is 23.8 Å².